The van der Waals surface area contributed by atoms with Gasteiger partial charge in [-0.2, -0.15) is 0 Å². The first-order chi connectivity index (χ1) is 6.06. The standard InChI is InChI=1S/C7H12N2.HIO3/c1-3-4-7-8-5-6(2)9-7;2-1(3)4/h5H,3-4H2,1-2H3,(H,8,9);2H. The molecule has 0 radical (unpaired) electrons. The second-order valence-corrected chi connectivity index (χ2v) is 3.61. The van der Waals surface area contributed by atoms with E-state index in [0.717, 1.165) is 24.4 Å². The Morgan fingerprint density at radius 3 is 2.46 bits per heavy atom. The highest BCUT2D eigenvalue weighted by Crippen LogP contribution is 1.96. The Morgan fingerprint density at radius 2 is 2.15 bits per heavy atom. The summed E-state index contributed by atoms with van der Waals surface area (Å²) in [6.45, 7) is 4.17. The van der Waals surface area contributed by atoms with Gasteiger partial charge in [-0.25, -0.2) is 4.98 Å². The Kier molecular flexibility index (Phi) is 7.14. The molecule has 1 heterocycles. The molecule has 0 amide bonds. The Bertz CT molecular complexity index is 225. The zero-order chi connectivity index (χ0) is 10.3. The average molecular weight is 300 g/mol. The average Bonchev–Trinajstić information content (AvgIpc) is 2.35. The number of hydrogen-bond acceptors (Lipinski definition) is 4. The maximum Gasteiger partial charge on any atom is 0.503 e. The third-order valence-corrected chi connectivity index (χ3v) is 1.24. The molecule has 76 valence electrons. The molecule has 0 saturated carbocycles. The zero-order valence-electron chi connectivity index (χ0n) is 7.58. The van der Waals surface area contributed by atoms with E-state index in [0.29, 0.717) is 0 Å². The molecule has 0 aliphatic rings. The van der Waals surface area contributed by atoms with Crippen LogP contribution in [-0.2, 0) is 6.42 Å². The SMILES string of the molecule is CCCc1ncc(C)[nH]1.[O-][I+2]([O-])O. The summed E-state index contributed by atoms with van der Waals surface area (Å²) in [5.74, 6) is 1.11. The van der Waals surface area contributed by atoms with Crippen molar-refractivity contribution in [3.63, 3.8) is 0 Å². The number of nitrogens with zero attached hydrogens (tertiary/aromatic N) is 1. The van der Waals surface area contributed by atoms with Crippen molar-refractivity contribution in [1.29, 1.82) is 0 Å². The van der Waals surface area contributed by atoms with Gasteiger partial charge in [0.1, 0.15) is 5.82 Å². The molecule has 1 aromatic heterocycles. The van der Waals surface area contributed by atoms with Gasteiger partial charge in [0, 0.05) is 18.3 Å². The van der Waals surface area contributed by atoms with Crippen LogP contribution in [0.15, 0.2) is 6.20 Å². The highest BCUT2D eigenvalue weighted by molar-refractivity contribution is 4.97. The van der Waals surface area contributed by atoms with Crippen LogP contribution in [0.3, 0.4) is 0 Å². The molecule has 0 aliphatic carbocycles. The molecule has 0 bridgehead atoms. The molecule has 1 rings (SSSR count). The summed E-state index contributed by atoms with van der Waals surface area (Å²) >= 11 is -3.76. The largest absolute Gasteiger partial charge is 0.503 e. The summed E-state index contributed by atoms with van der Waals surface area (Å²) in [6.07, 6.45) is 4.09. The Hall–Kier alpha value is -0.180. The fraction of sp³-hybridized carbons (Fsp3) is 0.571. The van der Waals surface area contributed by atoms with Crippen molar-refractivity contribution >= 4 is 0 Å². The van der Waals surface area contributed by atoms with E-state index in [1.807, 2.05) is 13.1 Å². The molecule has 6 heteroatoms. The maximum absolute atomic E-state index is 8.68. The maximum atomic E-state index is 8.68. The van der Waals surface area contributed by atoms with E-state index in [1.165, 1.54) is 0 Å². The van der Waals surface area contributed by atoms with Crippen LogP contribution in [0.2, 0.25) is 0 Å². The van der Waals surface area contributed by atoms with Crippen LogP contribution in [0, 0.1) is 6.92 Å². The number of hydrogen-bond donors (Lipinski definition) is 2. The van der Waals surface area contributed by atoms with E-state index in [1.54, 1.807) is 0 Å². The second-order valence-electron chi connectivity index (χ2n) is 2.46. The van der Waals surface area contributed by atoms with Gasteiger partial charge in [-0.15, -0.1) is 0 Å². The van der Waals surface area contributed by atoms with Gasteiger partial charge < -0.3 is 11.9 Å². The molecule has 5 nitrogen and oxygen atoms in total. The monoisotopic (exact) mass is 300 g/mol. The predicted octanol–water partition coefficient (Wildman–Crippen LogP) is -4.26. The molecular formula is C7H13IN2O3. The van der Waals surface area contributed by atoms with E-state index in [9.17, 15) is 0 Å². The Labute approximate surface area is 85.9 Å². The van der Waals surface area contributed by atoms with Crippen LogP contribution in [0.5, 0.6) is 0 Å². The highest BCUT2D eigenvalue weighted by Gasteiger charge is 1.92. The van der Waals surface area contributed by atoms with Crippen LogP contribution < -0.4 is 27.9 Å². The normalized spacial score (nSPS) is 9.69. The molecule has 0 aromatic carbocycles. The third kappa shape index (κ3) is 8.16. The van der Waals surface area contributed by atoms with Gasteiger partial charge in [-0.05, 0) is 16.8 Å². The van der Waals surface area contributed by atoms with Crippen molar-refractivity contribution in [3.8, 4) is 0 Å². The third-order valence-electron chi connectivity index (χ3n) is 1.24. The van der Waals surface area contributed by atoms with Crippen molar-refractivity contribution < 1.29 is 31.4 Å². The van der Waals surface area contributed by atoms with E-state index in [4.69, 9.17) is 10.3 Å². The van der Waals surface area contributed by atoms with E-state index >= 15 is 0 Å². The van der Waals surface area contributed by atoms with E-state index < -0.39 is 21.1 Å². The van der Waals surface area contributed by atoms with Gasteiger partial charge in [0.25, 0.3) is 0 Å². The number of imidazole rings is 1. The number of aryl methyl sites for hydroxylation is 2. The fourth-order valence-electron chi connectivity index (χ4n) is 0.831. The Balaban J connectivity index is 0.000000310. The molecule has 0 fully saturated rings. The van der Waals surface area contributed by atoms with E-state index in [2.05, 4.69) is 16.9 Å². The lowest BCUT2D eigenvalue weighted by molar-refractivity contribution is -1.63. The number of aromatic amines is 1. The molecule has 13 heavy (non-hydrogen) atoms. The predicted molar refractivity (Wildman–Crippen MR) is 39.5 cm³/mol. The molecule has 0 unspecified atom stereocenters. The number of rotatable bonds is 2. The van der Waals surface area contributed by atoms with Crippen LogP contribution >= 0.6 is 0 Å². The molecular weight excluding hydrogens is 287 g/mol. The van der Waals surface area contributed by atoms with Crippen molar-refractivity contribution in [3.05, 3.63) is 17.7 Å². The molecule has 2 N–H and O–H groups in total. The second kappa shape index (κ2) is 7.25. The first-order valence-electron chi connectivity index (χ1n) is 3.81. The van der Waals surface area contributed by atoms with Crippen molar-refractivity contribution in [1.82, 2.24) is 9.97 Å². The van der Waals surface area contributed by atoms with Gasteiger partial charge in [-0.3, -0.25) is 0 Å². The molecule has 0 atom stereocenters. The molecule has 0 spiro atoms. The minimum absolute atomic E-state index is 1.06. The lowest BCUT2D eigenvalue weighted by Crippen LogP contribution is -3.98. The summed E-state index contributed by atoms with van der Waals surface area (Å²) in [5.41, 5.74) is 1.15. The fourth-order valence-corrected chi connectivity index (χ4v) is 0.831. The minimum Gasteiger partial charge on any atom is -0.396 e. The van der Waals surface area contributed by atoms with Gasteiger partial charge in [0.15, 0.2) is 0 Å². The van der Waals surface area contributed by atoms with Crippen molar-refractivity contribution in [2.45, 2.75) is 26.7 Å². The molecule has 0 saturated heterocycles. The first kappa shape index (κ1) is 12.8. The summed E-state index contributed by atoms with van der Waals surface area (Å²) in [4.78, 5) is 7.32. The summed E-state index contributed by atoms with van der Waals surface area (Å²) < 4.78 is 24.5. The van der Waals surface area contributed by atoms with Crippen LogP contribution in [0.4, 0.5) is 0 Å². The van der Waals surface area contributed by atoms with Crippen LogP contribution in [0.25, 0.3) is 0 Å². The highest BCUT2D eigenvalue weighted by atomic mass is 127. The molecule has 1 aromatic rings. The number of nitrogens with one attached hydrogen (secondary N) is 1. The smallest absolute Gasteiger partial charge is 0.396 e. The van der Waals surface area contributed by atoms with Gasteiger partial charge >= 0.3 is 21.1 Å². The van der Waals surface area contributed by atoms with Crippen LogP contribution in [0.1, 0.15) is 24.9 Å². The summed E-state index contributed by atoms with van der Waals surface area (Å²) in [7, 11) is 0. The first-order valence-corrected chi connectivity index (χ1v) is 6.54. The number of aromatic nitrogens is 2. The molecule has 0 aliphatic heterocycles. The number of H-pyrrole nitrogens is 1. The quantitative estimate of drug-likeness (QED) is 0.541. The topological polar surface area (TPSA) is 95.0 Å². The summed E-state index contributed by atoms with van der Waals surface area (Å²) in [5, 5.41) is 0. The van der Waals surface area contributed by atoms with Crippen molar-refractivity contribution in [2.24, 2.45) is 0 Å². The summed E-state index contributed by atoms with van der Waals surface area (Å²) in [6, 6.07) is 0. The van der Waals surface area contributed by atoms with Crippen LogP contribution in [-0.4, -0.2) is 13.4 Å². The lowest BCUT2D eigenvalue weighted by Gasteiger charge is -1.87. The number of halogens is 1. The minimum atomic E-state index is -3.76. The Morgan fingerprint density at radius 1 is 1.62 bits per heavy atom. The lowest BCUT2D eigenvalue weighted by atomic mass is 10.3. The van der Waals surface area contributed by atoms with Gasteiger partial charge in [0.2, 0.25) is 0 Å². The van der Waals surface area contributed by atoms with E-state index in [-0.39, 0.29) is 0 Å². The zero-order valence-corrected chi connectivity index (χ0v) is 9.74. The van der Waals surface area contributed by atoms with Gasteiger partial charge in [0.05, 0.1) is 0 Å². The van der Waals surface area contributed by atoms with Crippen molar-refractivity contribution in [2.75, 3.05) is 0 Å². The van der Waals surface area contributed by atoms with Gasteiger partial charge in [-0.1, -0.05) is 6.92 Å².